The van der Waals surface area contributed by atoms with Gasteiger partial charge in [-0.2, -0.15) is 0 Å². The van der Waals surface area contributed by atoms with Gasteiger partial charge in [-0.3, -0.25) is 0 Å². The smallest absolute Gasteiger partial charge is 0.136 e. The molecule has 0 bridgehead atoms. The Morgan fingerprint density at radius 3 is 1.73 bits per heavy atom. The second-order valence-electron chi connectivity index (χ2n) is 14.0. The highest BCUT2D eigenvalue weighted by atomic mass is 32.1. The van der Waals surface area contributed by atoms with Crippen molar-refractivity contribution in [3.63, 3.8) is 0 Å². The maximum absolute atomic E-state index is 6.64. The molecule has 0 aliphatic carbocycles. The van der Waals surface area contributed by atoms with E-state index < -0.39 is 0 Å². The standard InChI is InChI=1S/C52H33NOS/c1-3-12-34(13-4-1)35-22-27-39(28-23-35)53(40-29-24-37(25-30-40)42-19-11-20-44-43-18-9-10-21-48(43)55-52(42)44)45-31-33-47-51(49(45)38-15-5-2-6-16-38)50-41-17-8-7-14-36(41)26-32-46(50)54-47/h1-33H. The van der Waals surface area contributed by atoms with Gasteiger partial charge in [-0.1, -0.05) is 152 Å². The van der Waals surface area contributed by atoms with Crippen molar-refractivity contribution in [3.05, 3.63) is 200 Å². The Hall–Kier alpha value is -6.94. The molecule has 0 atom stereocenters. The molecule has 0 saturated heterocycles. The first-order valence-corrected chi connectivity index (χ1v) is 19.5. The largest absolute Gasteiger partial charge is 0.456 e. The van der Waals surface area contributed by atoms with Gasteiger partial charge in [0.15, 0.2) is 0 Å². The molecule has 0 saturated carbocycles. The molecule has 0 N–H and O–H groups in total. The van der Waals surface area contributed by atoms with Crippen LogP contribution >= 0.6 is 11.3 Å². The average Bonchev–Trinajstić information content (AvgIpc) is 3.84. The molecule has 0 aliphatic heterocycles. The molecule has 258 valence electrons. The van der Waals surface area contributed by atoms with Gasteiger partial charge in [-0.15, -0.1) is 11.3 Å². The summed E-state index contributed by atoms with van der Waals surface area (Å²) in [5, 5.41) is 7.26. The average molecular weight is 720 g/mol. The summed E-state index contributed by atoms with van der Waals surface area (Å²) in [7, 11) is 0. The third-order valence-electron chi connectivity index (χ3n) is 10.9. The summed E-state index contributed by atoms with van der Waals surface area (Å²) in [4.78, 5) is 2.41. The van der Waals surface area contributed by atoms with Crippen molar-refractivity contribution in [3.8, 4) is 33.4 Å². The molecule has 11 rings (SSSR count). The van der Waals surface area contributed by atoms with E-state index in [1.807, 2.05) is 11.3 Å². The Kier molecular flexibility index (Phi) is 7.39. The zero-order valence-corrected chi connectivity index (χ0v) is 30.6. The molecule has 0 fully saturated rings. The highest BCUT2D eigenvalue weighted by molar-refractivity contribution is 7.26. The van der Waals surface area contributed by atoms with E-state index in [1.54, 1.807) is 0 Å². The van der Waals surface area contributed by atoms with Crippen LogP contribution < -0.4 is 4.90 Å². The molecule has 0 radical (unpaired) electrons. The van der Waals surface area contributed by atoms with Crippen molar-refractivity contribution in [2.24, 2.45) is 0 Å². The van der Waals surface area contributed by atoms with E-state index in [2.05, 4.69) is 205 Å². The van der Waals surface area contributed by atoms with Gasteiger partial charge in [0.2, 0.25) is 0 Å². The van der Waals surface area contributed by atoms with Crippen molar-refractivity contribution in [2.45, 2.75) is 0 Å². The molecule has 0 aliphatic rings. The minimum absolute atomic E-state index is 0.875. The SMILES string of the molecule is c1ccc(-c2ccc(N(c3ccc(-c4cccc5c4sc4ccccc45)cc3)c3ccc4oc5ccc6ccccc6c5c4c3-c3ccccc3)cc2)cc1. The van der Waals surface area contributed by atoms with Gasteiger partial charge in [0.25, 0.3) is 0 Å². The third kappa shape index (κ3) is 5.24. The van der Waals surface area contributed by atoms with Crippen LogP contribution in [0.4, 0.5) is 17.1 Å². The van der Waals surface area contributed by atoms with E-state index >= 15 is 0 Å². The van der Waals surface area contributed by atoms with Gasteiger partial charge in [0, 0.05) is 47.9 Å². The number of anilines is 3. The molecule has 0 unspecified atom stereocenters. The number of rotatable bonds is 6. The summed E-state index contributed by atoms with van der Waals surface area (Å²) < 4.78 is 9.27. The quantitative estimate of drug-likeness (QED) is 0.170. The lowest BCUT2D eigenvalue weighted by atomic mass is 9.94. The molecule has 9 aromatic carbocycles. The predicted octanol–water partition coefficient (Wildman–Crippen LogP) is 15.6. The number of hydrogen-bond donors (Lipinski definition) is 0. The first-order valence-electron chi connectivity index (χ1n) is 18.7. The number of nitrogens with zero attached hydrogens (tertiary/aromatic N) is 1. The van der Waals surface area contributed by atoms with Crippen molar-refractivity contribution in [1.29, 1.82) is 0 Å². The number of fused-ring (bicyclic) bond motifs is 8. The second-order valence-corrected chi connectivity index (χ2v) is 15.1. The molecule has 0 amide bonds. The fourth-order valence-corrected chi connectivity index (χ4v) is 9.57. The zero-order chi connectivity index (χ0) is 36.3. The fourth-order valence-electron chi connectivity index (χ4n) is 8.33. The summed E-state index contributed by atoms with van der Waals surface area (Å²) in [5.41, 5.74) is 12.1. The summed E-state index contributed by atoms with van der Waals surface area (Å²) in [6, 6.07) is 72.1. The Labute approximate surface area is 322 Å². The normalized spacial score (nSPS) is 11.6. The Balaban J connectivity index is 1.15. The van der Waals surface area contributed by atoms with Crippen LogP contribution in [0.5, 0.6) is 0 Å². The van der Waals surface area contributed by atoms with Gasteiger partial charge in [-0.25, -0.2) is 0 Å². The third-order valence-corrected chi connectivity index (χ3v) is 12.1. The fraction of sp³-hybridized carbons (Fsp3) is 0. The highest BCUT2D eigenvalue weighted by Gasteiger charge is 2.24. The number of thiophene rings is 1. The number of furan rings is 1. The van der Waals surface area contributed by atoms with Crippen molar-refractivity contribution in [2.75, 3.05) is 4.90 Å². The first kappa shape index (κ1) is 31.6. The minimum atomic E-state index is 0.875. The molecule has 3 heteroatoms. The molecule has 11 aromatic rings. The number of benzene rings is 9. The van der Waals surface area contributed by atoms with Crippen LogP contribution in [-0.2, 0) is 0 Å². The molecule has 2 heterocycles. The van der Waals surface area contributed by atoms with Crippen LogP contribution in [0.1, 0.15) is 0 Å². The summed E-state index contributed by atoms with van der Waals surface area (Å²) >= 11 is 1.87. The van der Waals surface area contributed by atoms with Crippen LogP contribution in [0.2, 0.25) is 0 Å². The highest BCUT2D eigenvalue weighted by Crippen LogP contribution is 2.49. The topological polar surface area (TPSA) is 16.4 Å². The van der Waals surface area contributed by atoms with E-state index in [4.69, 9.17) is 4.42 Å². The van der Waals surface area contributed by atoms with E-state index in [0.29, 0.717) is 0 Å². The van der Waals surface area contributed by atoms with E-state index in [9.17, 15) is 0 Å². The molecular weight excluding hydrogens is 687 g/mol. The van der Waals surface area contributed by atoms with Gasteiger partial charge >= 0.3 is 0 Å². The van der Waals surface area contributed by atoms with Crippen molar-refractivity contribution >= 4 is 81.3 Å². The Bertz CT molecular complexity index is 3180. The summed E-state index contributed by atoms with van der Waals surface area (Å²) in [5.74, 6) is 0. The van der Waals surface area contributed by atoms with Crippen LogP contribution in [0, 0.1) is 0 Å². The Morgan fingerprint density at radius 2 is 0.964 bits per heavy atom. The predicted molar refractivity (Wildman–Crippen MR) is 235 cm³/mol. The number of hydrogen-bond acceptors (Lipinski definition) is 3. The zero-order valence-electron chi connectivity index (χ0n) is 29.8. The molecule has 55 heavy (non-hydrogen) atoms. The van der Waals surface area contributed by atoms with Crippen LogP contribution in [0.25, 0.3) is 86.3 Å². The van der Waals surface area contributed by atoms with E-state index in [-0.39, 0.29) is 0 Å². The monoisotopic (exact) mass is 719 g/mol. The van der Waals surface area contributed by atoms with Crippen LogP contribution in [0.3, 0.4) is 0 Å². The Morgan fingerprint density at radius 1 is 0.382 bits per heavy atom. The molecular formula is C52H33NOS. The van der Waals surface area contributed by atoms with Crippen LogP contribution in [-0.4, -0.2) is 0 Å². The minimum Gasteiger partial charge on any atom is -0.456 e. The van der Waals surface area contributed by atoms with Crippen molar-refractivity contribution < 1.29 is 4.42 Å². The molecule has 2 nitrogen and oxygen atoms in total. The molecule has 2 aromatic heterocycles. The maximum atomic E-state index is 6.64. The molecule has 0 spiro atoms. The lowest BCUT2D eigenvalue weighted by Crippen LogP contribution is -2.11. The lowest BCUT2D eigenvalue weighted by Gasteiger charge is -2.28. The van der Waals surface area contributed by atoms with Crippen molar-refractivity contribution in [1.82, 2.24) is 0 Å². The van der Waals surface area contributed by atoms with E-state index in [1.165, 1.54) is 53.2 Å². The summed E-state index contributed by atoms with van der Waals surface area (Å²) in [6.07, 6.45) is 0. The van der Waals surface area contributed by atoms with E-state index in [0.717, 1.165) is 50.1 Å². The summed E-state index contributed by atoms with van der Waals surface area (Å²) in [6.45, 7) is 0. The van der Waals surface area contributed by atoms with Gasteiger partial charge in [0.05, 0.1) is 5.69 Å². The lowest BCUT2D eigenvalue weighted by molar-refractivity contribution is 0.669. The maximum Gasteiger partial charge on any atom is 0.136 e. The van der Waals surface area contributed by atoms with Gasteiger partial charge in [-0.05, 0) is 87.1 Å². The second kappa shape index (κ2) is 12.9. The first-order chi connectivity index (χ1) is 27.3. The van der Waals surface area contributed by atoms with Gasteiger partial charge < -0.3 is 9.32 Å². The van der Waals surface area contributed by atoms with Gasteiger partial charge in [0.1, 0.15) is 11.2 Å². The van der Waals surface area contributed by atoms with Crippen LogP contribution in [0.15, 0.2) is 205 Å².